The molecular weight excluding hydrogens is 257 g/mol. The molecule has 7 heteroatoms. The van der Waals surface area contributed by atoms with Crippen LogP contribution in [0.4, 0.5) is 5.00 Å². The summed E-state index contributed by atoms with van der Waals surface area (Å²) in [6.45, 7) is 3.80. The molecule has 0 N–H and O–H groups in total. The van der Waals surface area contributed by atoms with Crippen LogP contribution < -0.4 is 14.0 Å². The first-order valence-corrected chi connectivity index (χ1v) is 7.22. The summed E-state index contributed by atoms with van der Waals surface area (Å²) in [5.41, 5.74) is 0. The highest BCUT2D eigenvalue weighted by Gasteiger charge is 2.32. The highest BCUT2D eigenvalue weighted by Crippen LogP contribution is 2.48. The zero-order valence-electron chi connectivity index (χ0n) is 8.47. The summed E-state index contributed by atoms with van der Waals surface area (Å²) in [4.78, 5) is 22.7. The second-order valence-electron chi connectivity index (χ2n) is 3.10. The van der Waals surface area contributed by atoms with Crippen molar-refractivity contribution in [1.29, 1.82) is 0 Å². The molecule has 1 heterocycles. The Kier molecular flexibility index (Phi) is 3.98. The Balaban J connectivity index is 3.29. The van der Waals surface area contributed by atoms with Crippen LogP contribution in [-0.4, -0.2) is 13.1 Å². The van der Waals surface area contributed by atoms with Gasteiger partial charge in [0.05, 0.1) is 17.4 Å². The van der Waals surface area contributed by atoms with Crippen LogP contribution in [0.2, 0.25) is 4.34 Å². The zero-order chi connectivity index (χ0) is 11.7. The maximum Gasteiger partial charge on any atom is 0.191 e. The second kappa shape index (κ2) is 4.53. The van der Waals surface area contributed by atoms with Gasteiger partial charge in [-0.3, -0.25) is 8.82 Å². The van der Waals surface area contributed by atoms with E-state index in [2.05, 4.69) is 0 Å². The molecule has 0 aromatic carbocycles. The Morgan fingerprint density at radius 3 is 2.20 bits per heavy atom. The van der Waals surface area contributed by atoms with Gasteiger partial charge >= 0.3 is 0 Å². The van der Waals surface area contributed by atoms with Gasteiger partial charge in [0.15, 0.2) is 5.00 Å². The van der Waals surface area contributed by atoms with Crippen molar-refractivity contribution < 1.29 is 14.4 Å². The molecule has 0 atom stereocenters. The average molecular weight is 269 g/mol. The van der Waals surface area contributed by atoms with Crippen molar-refractivity contribution in [2.24, 2.45) is 0 Å². The lowest BCUT2D eigenvalue weighted by Gasteiger charge is -2.48. The van der Waals surface area contributed by atoms with E-state index in [1.807, 2.05) is 0 Å². The monoisotopic (exact) mass is 268 g/mol. The Hall–Kier alpha value is 0.1000. The van der Waals surface area contributed by atoms with Gasteiger partial charge in [0.25, 0.3) is 0 Å². The van der Waals surface area contributed by atoms with Gasteiger partial charge in [-0.05, 0) is 19.9 Å². The summed E-state index contributed by atoms with van der Waals surface area (Å²) in [5, 5.41) is 0.485. The van der Waals surface area contributed by atoms with E-state index in [9.17, 15) is 14.4 Å². The molecule has 1 rings (SSSR count). The minimum Gasteiger partial charge on any atom is -0.764 e. The molecule has 0 saturated heterocycles. The molecule has 0 amide bonds. The van der Waals surface area contributed by atoms with Gasteiger partial charge in [0.2, 0.25) is 0 Å². The van der Waals surface area contributed by atoms with Gasteiger partial charge in [-0.25, -0.2) is 0 Å². The number of hydrogen-bond acceptors (Lipinski definition) is 4. The Morgan fingerprint density at radius 2 is 1.93 bits per heavy atom. The van der Waals surface area contributed by atoms with Crippen molar-refractivity contribution in [3.05, 3.63) is 16.5 Å². The molecule has 0 bridgehead atoms. The molecule has 15 heavy (non-hydrogen) atoms. The molecule has 0 fully saturated rings. The first-order valence-electron chi connectivity index (χ1n) is 4.53. The van der Waals surface area contributed by atoms with E-state index >= 15 is 0 Å². The van der Waals surface area contributed by atoms with Crippen molar-refractivity contribution in [2.75, 3.05) is 13.1 Å². The maximum atomic E-state index is 11.3. The van der Waals surface area contributed by atoms with Crippen LogP contribution in [0.1, 0.15) is 13.8 Å². The second-order valence-corrected chi connectivity index (χ2v) is 6.50. The van der Waals surface area contributed by atoms with Crippen molar-refractivity contribution in [3.63, 3.8) is 0 Å². The molecule has 0 spiro atoms. The lowest BCUT2D eigenvalue weighted by Crippen LogP contribution is -2.52. The summed E-state index contributed by atoms with van der Waals surface area (Å²) in [6.07, 6.45) is 0. The lowest BCUT2D eigenvalue weighted by atomic mass is 10.5. The third-order valence-electron chi connectivity index (χ3n) is 2.48. The summed E-state index contributed by atoms with van der Waals surface area (Å²) in [6, 6.07) is 3.21. The molecule has 1 aromatic heterocycles. The third-order valence-corrected chi connectivity index (χ3v) is 5.72. The standard InChI is InChI=1S/C8H13ClNO3PS/c1-3-10(4-2,14(11,12)13)8-6-5-7(9)15-8/h5-6H,3-4H2,1-2H3,(H-,11,12,13)/p-1. The van der Waals surface area contributed by atoms with Crippen LogP contribution in [0, 0.1) is 0 Å². The van der Waals surface area contributed by atoms with Gasteiger partial charge in [-0.2, -0.15) is 0 Å². The molecule has 1 aromatic rings. The van der Waals surface area contributed by atoms with Crippen LogP contribution in [0.5, 0.6) is 0 Å². The number of hydrogen-bond donors (Lipinski definition) is 0. The van der Waals surface area contributed by atoms with Crippen LogP contribution >= 0.6 is 30.7 Å². The Morgan fingerprint density at radius 1 is 1.40 bits per heavy atom. The van der Waals surface area contributed by atoms with Crippen molar-refractivity contribution in [1.82, 2.24) is 4.25 Å². The number of quaternary nitrogens is 1. The van der Waals surface area contributed by atoms with Crippen LogP contribution in [0.3, 0.4) is 0 Å². The van der Waals surface area contributed by atoms with Gasteiger partial charge in [0.1, 0.15) is 7.75 Å². The van der Waals surface area contributed by atoms with Gasteiger partial charge in [0, 0.05) is 6.07 Å². The predicted molar refractivity (Wildman–Crippen MR) is 59.8 cm³/mol. The first-order chi connectivity index (χ1) is 6.87. The number of halogens is 1. The fourth-order valence-electron chi connectivity index (χ4n) is 1.53. The topological polar surface area (TPSA) is 63.2 Å². The molecule has 4 nitrogen and oxygen atoms in total. The summed E-state index contributed by atoms with van der Waals surface area (Å²) in [5.74, 6) is 0. The largest absolute Gasteiger partial charge is 0.764 e. The number of rotatable bonds is 4. The summed E-state index contributed by atoms with van der Waals surface area (Å²) < 4.78 is 11.3. The number of nitrogens with zero attached hydrogens (tertiary/aromatic N) is 1. The summed E-state index contributed by atoms with van der Waals surface area (Å²) in [7, 11) is -4.73. The SMILES string of the molecule is CC[N+](CC)(c1ccc(Cl)s1)P(=O)([O-])[O-]. The van der Waals surface area contributed by atoms with Crippen molar-refractivity contribution in [3.8, 4) is 0 Å². The fourth-order valence-corrected chi connectivity index (χ4v) is 4.15. The third kappa shape index (κ3) is 2.28. The summed E-state index contributed by atoms with van der Waals surface area (Å²) >= 11 is 6.88. The highest BCUT2D eigenvalue weighted by atomic mass is 35.5. The van der Waals surface area contributed by atoms with Gasteiger partial charge in [-0.1, -0.05) is 22.9 Å². The van der Waals surface area contributed by atoms with Gasteiger partial charge in [-0.15, -0.1) is 0 Å². The van der Waals surface area contributed by atoms with Crippen molar-refractivity contribution in [2.45, 2.75) is 13.8 Å². The molecule has 0 aliphatic carbocycles. The molecule has 0 aliphatic heterocycles. The fraction of sp³-hybridized carbons (Fsp3) is 0.500. The molecule has 0 saturated carbocycles. The Labute approximate surface area is 97.9 Å². The van der Waals surface area contributed by atoms with E-state index in [4.69, 9.17) is 11.6 Å². The minimum atomic E-state index is -4.73. The van der Waals surface area contributed by atoms with E-state index in [0.29, 0.717) is 9.34 Å². The van der Waals surface area contributed by atoms with E-state index in [0.717, 1.165) is 11.3 Å². The molecule has 0 aliphatic rings. The predicted octanol–water partition coefficient (Wildman–Crippen LogP) is 1.58. The Bertz CT molecular complexity index is 385. The molecular formula is C8H12ClNO3PS-. The van der Waals surface area contributed by atoms with E-state index < -0.39 is 12.0 Å². The van der Waals surface area contributed by atoms with E-state index in [-0.39, 0.29) is 13.1 Å². The number of thiophene rings is 1. The smallest absolute Gasteiger partial charge is 0.191 e. The normalized spacial score (nSPS) is 13.1. The molecule has 86 valence electrons. The quantitative estimate of drug-likeness (QED) is 0.779. The first kappa shape index (κ1) is 13.2. The molecule has 0 radical (unpaired) electrons. The molecule has 0 unspecified atom stereocenters. The van der Waals surface area contributed by atoms with Crippen LogP contribution in [0.25, 0.3) is 0 Å². The van der Waals surface area contributed by atoms with E-state index in [1.54, 1.807) is 26.0 Å². The average Bonchev–Trinajstić information content (AvgIpc) is 2.53. The van der Waals surface area contributed by atoms with Crippen LogP contribution in [-0.2, 0) is 4.57 Å². The van der Waals surface area contributed by atoms with Crippen molar-refractivity contribution >= 4 is 35.7 Å². The highest BCUT2D eigenvalue weighted by molar-refractivity contribution is 7.49. The van der Waals surface area contributed by atoms with E-state index in [1.165, 1.54) is 0 Å². The minimum absolute atomic E-state index is 0.220. The lowest BCUT2D eigenvalue weighted by molar-refractivity contribution is -0.327. The van der Waals surface area contributed by atoms with Crippen LogP contribution in [0.15, 0.2) is 12.1 Å². The van der Waals surface area contributed by atoms with Gasteiger partial charge < -0.3 is 9.79 Å². The maximum absolute atomic E-state index is 11.3. The zero-order valence-corrected chi connectivity index (χ0v) is 10.9.